The number of benzene rings is 1. The van der Waals surface area contributed by atoms with Gasteiger partial charge in [0.25, 0.3) is 11.5 Å². The number of aryl methyl sites for hydroxylation is 3. The van der Waals surface area contributed by atoms with E-state index in [4.69, 9.17) is 4.42 Å². The predicted molar refractivity (Wildman–Crippen MR) is 116 cm³/mol. The fourth-order valence-electron chi connectivity index (χ4n) is 4.20. The van der Waals surface area contributed by atoms with Gasteiger partial charge in [-0.15, -0.1) is 0 Å². The molecule has 0 atom stereocenters. The number of piperidine rings is 1. The molecule has 1 saturated heterocycles. The topological polar surface area (TPSA) is 80.4 Å². The van der Waals surface area contributed by atoms with Gasteiger partial charge < -0.3 is 14.3 Å². The van der Waals surface area contributed by atoms with Crippen LogP contribution in [-0.4, -0.2) is 40.0 Å². The third-order valence-corrected chi connectivity index (χ3v) is 5.92. The first kappa shape index (κ1) is 20.3. The maximum absolute atomic E-state index is 12.8. The van der Waals surface area contributed by atoms with Gasteiger partial charge in [0.1, 0.15) is 17.5 Å². The van der Waals surface area contributed by atoms with E-state index >= 15 is 0 Å². The van der Waals surface area contributed by atoms with E-state index in [1.807, 2.05) is 0 Å². The Bertz CT molecular complexity index is 1120. The Morgan fingerprint density at radius 2 is 2.03 bits per heavy atom. The van der Waals surface area contributed by atoms with Gasteiger partial charge in [-0.25, -0.2) is 4.98 Å². The maximum Gasteiger partial charge on any atom is 0.265 e. The van der Waals surface area contributed by atoms with Gasteiger partial charge in [0.05, 0.1) is 5.56 Å². The number of rotatable bonds is 5. The summed E-state index contributed by atoms with van der Waals surface area (Å²) in [5, 5.41) is 3.27. The van der Waals surface area contributed by atoms with Crippen LogP contribution in [-0.2, 0) is 13.6 Å². The van der Waals surface area contributed by atoms with E-state index in [9.17, 15) is 9.59 Å². The number of hydrogen-bond acceptors (Lipinski definition) is 5. The first-order valence-electron chi connectivity index (χ1n) is 10.4. The molecule has 30 heavy (non-hydrogen) atoms. The smallest absolute Gasteiger partial charge is 0.265 e. The Balaban J connectivity index is 1.35. The van der Waals surface area contributed by atoms with Crippen molar-refractivity contribution in [2.45, 2.75) is 33.2 Å². The number of likely N-dealkylation sites (tertiary alicyclic amines) is 1. The zero-order valence-corrected chi connectivity index (χ0v) is 17.8. The molecule has 1 aliphatic heterocycles. The number of carbonyl (C=O) groups excluding carboxylic acids is 1. The molecule has 0 bridgehead atoms. The van der Waals surface area contributed by atoms with E-state index < -0.39 is 0 Å². The van der Waals surface area contributed by atoms with Gasteiger partial charge in [-0.05, 0) is 51.3 Å². The summed E-state index contributed by atoms with van der Waals surface area (Å²) in [4.78, 5) is 31.9. The summed E-state index contributed by atoms with van der Waals surface area (Å²) in [6.45, 7) is 7.43. The molecule has 0 saturated carbocycles. The largest absolute Gasteiger partial charge is 0.442 e. The summed E-state index contributed by atoms with van der Waals surface area (Å²) in [7, 11) is 1.61. The Morgan fingerprint density at radius 1 is 1.27 bits per heavy atom. The van der Waals surface area contributed by atoms with Crippen LogP contribution in [0.3, 0.4) is 0 Å². The van der Waals surface area contributed by atoms with Crippen molar-refractivity contribution in [2.24, 2.45) is 13.0 Å². The van der Waals surface area contributed by atoms with Gasteiger partial charge in [0, 0.05) is 20.1 Å². The molecule has 3 heterocycles. The van der Waals surface area contributed by atoms with Gasteiger partial charge >= 0.3 is 0 Å². The van der Waals surface area contributed by atoms with Crippen molar-refractivity contribution in [1.82, 2.24) is 19.8 Å². The average Bonchev–Trinajstić information content (AvgIpc) is 3.07. The third kappa shape index (κ3) is 4.16. The Kier molecular flexibility index (Phi) is 5.72. The molecule has 2 aromatic heterocycles. The number of furan rings is 1. The second-order valence-corrected chi connectivity index (χ2v) is 8.29. The minimum atomic E-state index is -0.272. The highest BCUT2D eigenvalue weighted by Crippen LogP contribution is 2.22. The number of carbonyl (C=O) groups is 1. The summed E-state index contributed by atoms with van der Waals surface area (Å²) in [6.07, 6.45) is 3.49. The maximum atomic E-state index is 12.8. The molecule has 0 unspecified atom stereocenters. The van der Waals surface area contributed by atoms with Crippen LogP contribution in [0.5, 0.6) is 0 Å². The summed E-state index contributed by atoms with van der Waals surface area (Å²) >= 11 is 0. The average molecular weight is 409 g/mol. The van der Waals surface area contributed by atoms with Crippen molar-refractivity contribution in [3.05, 3.63) is 63.4 Å². The van der Waals surface area contributed by atoms with Crippen LogP contribution < -0.4 is 10.9 Å². The van der Waals surface area contributed by atoms with Crippen LogP contribution in [0, 0.1) is 19.8 Å². The molecule has 7 heteroatoms. The molecule has 1 fully saturated rings. The first-order valence-corrected chi connectivity index (χ1v) is 10.4. The fourth-order valence-corrected chi connectivity index (χ4v) is 4.20. The Morgan fingerprint density at radius 3 is 2.77 bits per heavy atom. The van der Waals surface area contributed by atoms with Crippen molar-refractivity contribution in [2.75, 3.05) is 19.6 Å². The van der Waals surface area contributed by atoms with Gasteiger partial charge in [0.15, 0.2) is 0 Å². The summed E-state index contributed by atoms with van der Waals surface area (Å²) < 4.78 is 6.89. The highest BCUT2D eigenvalue weighted by atomic mass is 16.3. The van der Waals surface area contributed by atoms with Crippen molar-refractivity contribution in [3.63, 3.8) is 0 Å². The van der Waals surface area contributed by atoms with Crippen molar-refractivity contribution in [3.8, 4) is 0 Å². The van der Waals surface area contributed by atoms with E-state index in [1.165, 1.54) is 22.0 Å². The van der Waals surface area contributed by atoms with Crippen LogP contribution in [0.15, 0.2) is 39.8 Å². The second kappa shape index (κ2) is 8.44. The third-order valence-electron chi connectivity index (χ3n) is 5.92. The summed E-state index contributed by atoms with van der Waals surface area (Å²) in [5.41, 5.74) is 2.88. The van der Waals surface area contributed by atoms with Crippen LogP contribution in [0.1, 0.15) is 40.1 Å². The van der Waals surface area contributed by atoms with Crippen molar-refractivity contribution in [1.29, 1.82) is 0 Å². The molecule has 0 spiro atoms. The molecular formula is C23H28N4O3. The first-order chi connectivity index (χ1) is 14.4. The lowest BCUT2D eigenvalue weighted by atomic mass is 9.96. The molecule has 1 aliphatic rings. The Labute approximate surface area is 175 Å². The van der Waals surface area contributed by atoms with E-state index in [0.29, 0.717) is 23.8 Å². The van der Waals surface area contributed by atoms with Gasteiger partial charge in [0.2, 0.25) is 5.71 Å². The minimum absolute atomic E-state index is 0.213. The van der Waals surface area contributed by atoms with Gasteiger partial charge in [-0.1, -0.05) is 29.8 Å². The Hall–Kier alpha value is -2.93. The van der Waals surface area contributed by atoms with Crippen LogP contribution in [0.25, 0.3) is 11.1 Å². The molecule has 1 amide bonds. The molecule has 158 valence electrons. The quantitative estimate of drug-likeness (QED) is 0.702. The number of aromatic nitrogens is 2. The highest BCUT2D eigenvalue weighted by Gasteiger charge is 2.24. The number of amides is 1. The zero-order valence-electron chi connectivity index (χ0n) is 17.8. The van der Waals surface area contributed by atoms with E-state index in [-0.39, 0.29) is 22.6 Å². The highest BCUT2D eigenvalue weighted by molar-refractivity contribution is 6.06. The monoisotopic (exact) mass is 408 g/mol. The molecule has 3 aromatic rings. The normalized spacial score (nSPS) is 15.6. The van der Waals surface area contributed by atoms with E-state index in [1.54, 1.807) is 14.0 Å². The SMILES string of the molecule is Cc1cccc(CN2CCC(CNC(=O)c3c(C)oc4ncn(C)c(=O)c34)CC2)c1. The molecule has 0 aliphatic carbocycles. The van der Waals surface area contributed by atoms with Crippen LogP contribution in [0.2, 0.25) is 0 Å². The van der Waals surface area contributed by atoms with E-state index in [2.05, 4.69) is 46.4 Å². The van der Waals surface area contributed by atoms with E-state index in [0.717, 1.165) is 32.5 Å². The molecule has 4 rings (SSSR count). The van der Waals surface area contributed by atoms with Gasteiger partial charge in [-0.3, -0.25) is 14.5 Å². The van der Waals surface area contributed by atoms with Crippen LogP contribution >= 0.6 is 0 Å². The number of hydrogen-bond donors (Lipinski definition) is 1. The standard InChI is InChI=1S/C23H28N4O3/c1-15-5-4-6-18(11-15)13-27-9-7-17(8-10-27)12-24-21(28)19-16(2)30-22-20(19)23(29)26(3)14-25-22/h4-6,11,14,17H,7-10,12-13H2,1-3H3,(H,24,28). The molecule has 0 radical (unpaired) electrons. The predicted octanol–water partition coefficient (Wildman–Crippen LogP) is 2.79. The lowest BCUT2D eigenvalue weighted by Gasteiger charge is -2.32. The molecule has 1 N–H and O–H groups in total. The second-order valence-electron chi connectivity index (χ2n) is 8.29. The lowest BCUT2D eigenvalue weighted by molar-refractivity contribution is 0.0935. The summed E-state index contributed by atoms with van der Waals surface area (Å²) in [5.74, 6) is 0.590. The fraction of sp³-hybridized carbons (Fsp3) is 0.435. The van der Waals surface area contributed by atoms with Crippen LogP contribution in [0.4, 0.5) is 0 Å². The van der Waals surface area contributed by atoms with Crippen molar-refractivity contribution >= 4 is 17.0 Å². The summed E-state index contributed by atoms with van der Waals surface area (Å²) in [6, 6.07) is 8.64. The number of fused-ring (bicyclic) bond motifs is 1. The number of nitrogens with one attached hydrogen (secondary N) is 1. The van der Waals surface area contributed by atoms with Gasteiger partial charge in [-0.2, -0.15) is 0 Å². The van der Waals surface area contributed by atoms with Crippen molar-refractivity contribution < 1.29 is 9.21 Å². The molecular weight excluding hydrogens is 380 g/mol. The zero-order chi connectivity index (χ0) is 21.3. The minimum Gasteiger partial charge on any atom is -0.442 e. The molecule has 7 nitrogen and oxygen atoms in total. The number of nitrogens with zero attached hydrogens (tertiary/aromatic N) is 3. The lowest BCUT2D eigenvalue weighted by Crippen LogP contribution is -2.38. The molecule has 1 aromatic carbocycles.